The fourth-order valence-electron chi connectivity index (χ4n) is 2.19. The molecule has 15 heavy (non-hydrogen) atoms. The molecule has 2 nitrogen and oxygen atoms in total. The Kier molecular flexibility index (Phi) is 3.91. The van der Waals surface area contributed by atoms with E-state index in [2.05, 4.69) is 31.9 Å². The fourth-order valence-corrected chi connectivity index (χ4v) is 2.80. The summed E-state index contributed by atoms with van der Waals surface area (Å²) in [7, 11) is 0. The predicted molar refractivity (Wildman–Crippen MR) is 65.6 cm³/mol. The van der Waals surface area contributed by atoms with E-state index >= 15 is 0 Å². The molecule has 0 radical (unpaired) electrons. The molecule has 1 unspecified atom stereocenters. The SMILES string of the molecule is OC(c1cc(Br)c(Br)o1)C1CCCCC1. The molecule has 84 valence electrons. The van der Waals surface area contributed by atoms with Crippen molar-refractivity contribution in [3.05, 3.63) is 21.0 Å². The third kappa shape index (κ3) is 2.66. The summed E-state index contributed by atoms with van der Waals surface area (Å²) in [6.45, 7) is 0. The molecule has 1 aromatic rings. The highest BCUT2D eigenvalue weighted by Crippen LogP contribution is 2.37. The first-order valence-electron chi connectivity index (χ1n) is 5.31. The molecule has 1 saturated carbocycles. The van der Waals surface area contributed by atoms with E-state index in [1.807, 2.05) is 6.07 Å². The van der Waals surface area contributed by atoms with Gasteiger partial charge < -0.3 is 9.52 Å². The quantitative estimate of drug-likeness (QED) is 0.866. The highest BCUT2D eigenvalue weighted by atomic mass is 79.9. The van der Waals surface area contributed by atoms with Crippen LogP contribution >= 0.6 is 31.9 Å². The largest absolute Gasteiger partial charge is 0.450 e. The van der Waals surface area contributed by atoms with Crippen LogP contribution in [0.4, 0.5) is 0 Å². The van der Waals surface area contributed by atoms with Gasteiger partial charge in [-0.1, -0.05) is 19.3 Å². The molecule has 1 aliphatic carbocycles. The van der Waals surface area contributed by atoms with Gasteiger partial charge in [0.15, 0.2) is 4.67 Å². The number of halogens is 2. The Morgan fingerprint density at radius 2 is 1.93 bits per heavy atom. The van der Waals surface area contributed by atoms with Gasteiger partial charge in [0.1, 0.15) is 11.9 Å². The highest BCUT2D eigenvalue weighted by molar-refractivity contribution is 9.13. The molecular weight excluding hydrogens is 324 g/mol. The first-order chi connectivity index (χ1) is 7.18. The number of aliphatic hydroxyl groups is 1. The fraction of sp³-hybridized carbons (Fsp3) is 0.636. The molecule has 0 bridgehead atoms. The van der Waals surface area contributed by atoms with E-state index in [9.17, 15) is 5.11 Å². The summed E-state index contributed by atoms with van der Waals surface area (Å²) in [5, 5.41) is 10.1. The minimum atomic E-state index is -0.451. The number of aliphatic hydroxyl groups excluding tert-OH is 1. The first kappa shape index (κ1) is 11.7. The van der Waals surface area contributed by atoms with Crippen molar-refractivity contribution in [1.29, 1.82) is 0 Å². The van der Waals surface area contributed by atoms with Crippen LogP contribution in [0.15, 0.2) is 19.6 Å². The van der Waals surface area contributed by atoms with Crippen LogP contribution in [0.1, 0.15) is 44.0 Å². The van der Waals surface area contributed by atoms with E-state index in [-0.39, 0.29) is 0 Å². The van der Waals surface area contributed by atoms with Crippen molar-refractivity contribution in [1.82, 2.24) is 0 Å². The molecule has 1 fully saturated rings. The van der Waals surface area contributed by atoms with Crippen molar-refractivity contribution >= 4 is 31.9 Å². The Morgan fingerprint density at radius 3 is 2.47 bits per heavy atom. The van der Waals surface area contributed by atoms with Crippen molar-refractivity contribution in [2.75, 3.05) is 0 Å². The van der Waals surface area contributed by atoms with E-state index in [0.717, 1.165) is 17.3 Å². The molecule has 2 rings (SSSR count). The van der Waals surface area contributed by atoms with Crippen molar-refractivity contribution in [2.45, 2.75) is 38.2 Å². The average Bonchev–Trinajstić information content (AvgIpc) is 2.59. The minimum Gasteiger partial charge on any atom is -0.450 e. The summed E-state index contributed by atoms with van der Waals surface area (Å²) in [6.07, 6.45) is 5.52. The van der Waals surface area contributed by atoms with Crippen LogP contribution in [0.2, 0.25) is 0 Å². The first-order valence-corrected chi connectivity index (χ1v) is 6.90. The summed E-state index contributed by atoms with van der Waals surface area (Å²) in [5.74, 6) is 1.03. The van der Waals surface area contributed by atoms with Gasteiger partial charge in [0.2, 0.25) is 0 Å². The molecule has 1 aliphatic rings. The zero-order valence-corrected chi connectivity index (χ0v) is 11.6. The van der Waals surface area contributed by atoms with Crippen molar-refractivity contribution in [2.24, 2.45) is 5.92 Å². The Balaban J connectivity index is 2.08. The molecule has 1 aromatic heterocycles. The minimum absolute atomic E-state index is 0.365. The van der Waals surface area contributed by atoms with Gasteiger partial charge in [-0.15, -0.1) is 0 Å². The molecule has 1 N–H and O–H groups in total. The molecular formula is C11H14Br2O2. The molecule has 0 aromatic carbocycles. The topological polar surface area (TPSA) is 33.4 Å². The normalized spacial score (nSPS) is 20.5. The van der Waals surface area contributed by atoms with Crippen LogP contribution in [0.3, 0.4) is 0 Å². The molecule has 0 aliphatic heterocycles. The Morgan fingerprint density at radius 1 is 1.27 bits per heavy atom. The van der Waals surface area contributed by atoms with Gasteiger partial charge in [-0.05, 0) is 56.7 Å². The lowest BCUT2D eigenvalue weighted by Crippen LogP contribution is -2.15. The maximum Gasteiger partial charge on any atom is 0.183 e. The number of hydrogen-bond acceptors (Lipinski definition) is 2. The third-order valence-electron chi connectivity index (χ3n) is 3.05. The predicted octanol–water partition coefficient (Wildman–Crippen LogP) is 4.42. The van der Waals surface area contributed by atoms with Crippen molar-refractivity contribution in [3.63, 3.8) is 0 Å². The highest BCUT2D eigenvalue weighted by Gasteiger charge is 2.26. The standard InChI is InChI=1S/C11H14Br2O2/c12-8-6-9(15-11(8)13)10(14)7-4-2-1-3-5-7/h6-7,10,14H,1-5H2. The second-order valence-electron chi connectivity index (χ2n) is 4.11. The van der Waals surface area contributed by atoms with E-state index in [4.69, 9.17) is 4.42 Å². The lowest BCUT2D eigenvalue weighted by molar-refractivity contribution is 0.0646. The molecule has 0 spiro atoms. The average molecular weight is 338 g/mol. The summed E-state index contributed by atoms with van der Waals surface area (Å²) in [4.78, 5) is 0. The summed E-state index contributed by atoms with van der Waals surface area (Å²) >= 11 is 6.64. The molecule has 1 heterocycles. The van der Waals surface area contributed by atoms with Crippen LogP contribution in [0.25, 0.3) is 0 Å². The summed E-state index contributed by atoms with van der Waals surface area (Å²) in [6, 6.07) is 1.85. The van der Waals surface area contributed by atoms with Crippen molar-refractivity contribution in [3.8, 4) is 0 Å². The van der Waals surface area contributed by atoms with E-state index in [0.29, 0.717) is 16.3 Å². The van der Waals surface area contributed by atoms with Gasteiger partial charge in [-0.25, -0.2) is 0 Å². The summed E-state index contributed by atoms with van der Waals surface area (Å²) in [5.41, 5.74) is 0. The van der Waals surface area contributed by atoms with E-state index in [1.165, 1.54) is 19.3 Å². The second-order valence-corrected chi connectivity index (χ2v) is 5.69. The van der Waals surface area contributed by atoms with Crippen LogP contribution < -0.4 is 0 Å². The Labute approximate surface area is 106 Å². The van der Waals surface area contributed by atoms with E-state index in [1.54, 1.807) is 0 Å². The smallest absolute Gasteiger partial charge is 0.183 e. The van der Waals surface area contributed by atoms with Crippen LogP contribution in [0.5, 0.6) is 0 Å². The zero-order chi connectivity index (χ0) is 10.8. The molecule has 0 saturated heterocycles. The monoisotopic (exact) mass is 336 g/mol. The molecule has 0 amide bonds. The van der Waals surface area contributed by atoms with Gasteiger partial charge in [0.05, 0.1) is 4.47 Å². The van der Waals surface area contributed by atoms with Crippen LogP contribution in [-0.2, 0) is 0 Å². The van der Waals surface area contributed by atoms with Gasteiger partial charge in [-0.2, -0.15) is 0 Å². The second kappa shape index (κ2) is 5.02. The number of hydrogen-bond donors (Lipinski definition) is 1. The zero-order valence-electron chi connectivity index (χ0n) is 8.38. The number of rotatable bonds is 2. The number of furan rings is 1. The lowest BCUT2D eigenvalue weighted by Gasteiger charge is -2.25. The third-order valence-corrected chi connectivity index (χ3v) is 4.76. The lowest BCUT2D eigenvalue weighted by atomic mass is 9.84. The molecule has 4 heteroatoms. The maximum atomic E-state index is 10.1. The van der Waals surface area contributed by atoms with Crippen molar-refractivity contribution < 1.29 is 9.52 Å². The summed E-state index contributed by atoms with van der Waals surface area (Å²) < 4.78 is 6.98. The molecule has 1 atom stereocenters. The van der Waals surface area contributed by atoms with Crippen LogP contribution in [-0.4, -0.2) is 5.11 Å². The van der Waals surface area contributed by atoms with Gasteiger partial charge >= 0.3 is 0 Å². The van der Waals surface area contributed by atoms with Gasteiger partial charge in [0, 0.05) is 0 Å². The Bertz CT molecular complexity index is 310. The van der Waals surface area contributed by atoms with E-state index < -0.39 is 6.10 Å². The van der Waals surface area contributed by atoms with Crippen LogP contribution in [0, 0.1) is 5.92 Å². The Hall–Kier alpha value is 0.200. The van der Waals surface area contributed by atoms with Gasteiger partial charge in [-0.3, -0.25) is 0 Å². The van der Waals surface area contributed by atoms with Gasteiger partial charge in [0.25, 0.3) is 0 Å². The maximum absolute atomic E-state index is 10.1.